The number of likely N-dealkylation sites (tertiary alicyclic amines) is 1. The first-order chi connectivity index (χ1) is 11.6. The number of nitrogens with one attached hydrogen (secondary N) is 1. The number of hydrogen-bond donors (Lipinski definition) is 2. The van der Waals surface area contributed by atoms with Gasteiger partial charge in [0.25, 0.3) is 5.91 Å². The van der Waals surface area contributed by atoms with Gasteiger partial charge in [-0.05, 0) is 43.6 Å². The zero-order valence-electron chi connectivity index (χ0n) is 14.2. The summed E-state index contributed by atoms with van der Waals surface area (Å²) in [6.45, 7) is 1.89. The van der Waals surface area contributed by atoms with Crippen molar-refractivity contribution in [1.82, 2.24) is 15.1 Å². The van der Waals surface area contributed by atoms with Gasteiger partial charge in [-0.2, -0.15) is 5.10 Å². The molecule has 6 nitrogen and oxygen atoms in total. The average molecular weight is 333 g/mol. The standard InChI is InChI=1S/C18H27N3O3/c22-16(14-12-17(13-24-14)5-2-1-3-6-17)21-10-7-18(23,8-11-21)15-4-9-19-20-15/h4,9,14,23H,1-3,5-8,10-13H2,(H,19,20). The van der Waals surface area contributed by atoms with Gasteiger partial charge in [-0.25, -0.2) is 0 Å². The van der Waals surface area contributed by atoms with Crippen molar-refractivity contribution >= 4 is 5.91 Å². The Hall–Kier alpha value is -1.40. The number of nitrogens with zero attached hydrogens (tertiary/aromatic N) is 2. The summed E-state index contributed by atoms with van der Waals surface area (Å²) in [7, 11) is 0. The highest BCUT2D eigenvalue weighted by Gasteiger charge is 2.45. The Kier molecular flexibility index (Phi) is 4.12. The minimum atomic E-state index is -0.894. The largest absolute Gasteiger partial charge is 0.383 e. The van der Waals surface area contributed by atoms with Crippen LogP contribution in [0.2, 0.25) is 0 Å². The van der Waals surface area contributed by atoms with Crippen LogP contribution in [0.4, 0.5) is 0 Å². The third-order valence-corrected chi connectivity index (χ3v) is 6.30. The predicted molar refractivity (Wildman–Crippen MR) is 88.2 cm³/mol. The van der Waals surface area contributed by atoms with E-state index in [1.165, 1.54) is 32.1 Å². The number of aromatic nitrogens is 2. The van der Waals surface area contributed by atoms with E-state index < -0.39 is 5.60 Å². The van der Waals surface area contributed by atoms with Gasteiger partial charge in [-0.15, -0.1) is 0 Å². The van der Waals surface area contributed by atoms with Crippen LogP contribution in [0, 0.1) is 5.41 Å². The molecule has 0 bridgehead atoms. The van der Waals surface area contributed by atoms with Crippen LogP contribution in [0.3, 0.4) is 0 Å². The number of rotatable bonds is 2. The van der Waals surface area contributed by atoms with E-state index in [-0.39, 0.29) is 17.4 Å². The maximum absolute atomic E-state index is 12.8. The van der Waals surface area contributed by atoms with E-state index in [9.17, 15) is 9.90 Å². The van der Waals surface area contributed by atoms with Crippen molar-refractivity contribution in [1.29, 1.82) is 0 Å². The molecule has 0 radical (unpaired) electrons. The van der Waals surface area contributed by atoms with E-state index >= 15 is 0 Å². The predicted octanol–water partition coefficient (Wildman–Crippen LogP) is 1.96. The van der Waals surface area contributed by atoms with Gasteiger partial charge in [0.1, 0.15) is 11.7 Å². The van der Waals surface area contributed by atoms with Crippen molar-refractivity contribution in [2.24, 2.45) is 5.41 Å². The zero-order chi connectivity index (χ0) is 16.6. The molecule has 1 aromatic rings. The monoisotopic (exact) mass is 333 g/mol. The quantitative estimate of drug-likeness (QED) is 0.867. The lowest BCUT2D eigenvalue weighted by molar-refractivity contribution is -0.145. The number of hydrogen-bond acceptors (Lipinski definition) is 4. The topological polar surface area (TPSA) is 78.4 Å². The average Bonchev–Trinajstić information content (AvgIpc) is 3.27. The normalized spacial score (nSPS) is 29.0. The lowest BCUT2D eigenvalue weighted by atomic mass is 9.72. The fraction of sp³-hybridized carbons (Fsp3) is 0.778. The van der Waals surface area contributed by atoms with Crippen molar-refractivity contribution in [3.63, 3.8) is 0 Å². The summed E-state index contributed by atoms with van der Waals surface area (Å²) in [5.41, 5.74) is 0.104. The van der Waals surface area contributed by atoms with E-state index in [0.29, 0.717) is 25.9 Å². The fourth-order valence-corrected chi connectivity index (χ4v) is 4.68. The Morgan fingerprint density at radius 2 is 2.00 bits per heavy atom. The molecule has 1 atom stereocenters. The summed E-state index contributed by atoms with van der Waals surface area (Å²) in [4.78, 5) is 14.7. The molecule has 3 fully saturated rings. The molecular weight excluding hydrogens is 306 g/mol. The van der Waals surface area contributed by atoms with Crippen molar-refractivity contribution < 1.29 is 14.6 Å². The molecule has 1 amide bonds. The lowest BCUT2D eigenvalue weighted by Crippen LogP contribution is -2.48. The fourth-order valence-electron chi connectivity index (χ4n) is 4.68. The van der Waals surface area contributed by atoms with E-state index in [0.717, 1.165) is 18.7 Å². The first-order valence-corrected chi connectivity index (χ1v) is 9.23. The summed E-state index contributed by atoms with van der Waals surface area (Å²) in [6, 6.07) is 1.81. The molecular formula is C18H27N3O3. The number of H-pyrrole nitrogens is 1. The third kappa shape index (κ3) is 2.86. The number of carbonyl (C=O) groups is 1. The van der Waals surface area contributed by atoms with E-state index in [2.05, 4.69) is 10.2 Å². The summed E-state index contributed by atoms with van der Waals surface area (Å²) >= 11 is 0. The molecule has 1 aliphatic carbocycles. The Labute approximate surface area is 142 Å². The molecule has 2 N–H and O–H groups in total. The molecule has 1 aromatic heterocycles. The number of piperidine rings is 1. The number of aliphatic hydroxyl groups is 1. The van der Waals surface area contributed by atoms with Crippen LogP contribution >= 0.6 is 0 Å². The molecule has 4 rings (SSSR count). The van der Waals surface area contributed by atoms with E-state index in [1.807, 2.05) is 11.0 Å². The minimum Gasteiger partial charge on any atom is -0.383 e. The Morgan fingerprint density at radius 1 is 1.25 bits per heavy atom. The molecule has 0 aromatic carbocycles. The molecule has 2 aliphatic heterocycles. The van der Waals surface area contributed by atoms with Gasteiger partial charge >= 0.3 is 0 Å². The van der Waals surface area contributed by atoms with Crippen LogP contribution in [0.1, 0.15) is 57.1 Å². The number of aromatic amines is 1. The van der Waals surface area contributed by atoms with Gasteiger partial charge in [-0.3, -0.25) is 9.89 Å². The Morgan fingerprint density at radius 3 is 2.67 bits per heavy atom. The molecule has 6 heteroatoms. The molecule has 1 spiro atoms. The van der Waals surface area contributed by atoms with Gasteiger partial charge in [0, 0.05) is 19.3 Å². The van der Waals surface area contributed by atoms with Crippen molar-refractivity contribution in [3.8, 4) is 0 Å². The van der Waals surface area contributed by atoms with Gasteiger partial charge in [-0.1, -0.05) is 19.3 Å². The van der Waals surface area contributed by atoms with Gasteiger partial charge < -0.3 is 14.7 Å². The molecule has 3 heterocycles. The summed E-state index contributed by atoms with van der Waals surface area (Å²) < 4.78 is 5.92. The third-order valence-electron chi connectivity index (χ3n) is 6.30. The maximum Gasteiger partial charge on any atom is 0.251 e. The van der Waals surface area contributed by atoms with Crippen molar-refractivity contribution in [3.05, 3.63) is 18.0 Å². The SMILES string of the molecule is O=C(C1CC2(CCCCC2)CO1)N1CCC(O)(c2ccn[nH]2)CC1. The highest BCUT2D eigenvalue weighted by Crippen LogP contribution is 2.45. The number of ether oxygens (including phenoxy) is 1. The van der Waals surface area contributed by atoms with Crippen LogP contribution in [0.5, 0.6) is 0 Å². The van der Waals surface area contributed by atoms with Crippen LogP contribution in [-0.4, -0.2) is 51.9 Å². The molecule has 1 saturated carbocycles. The number of amides is 1. The van der Waals surface area contributed by atoms with Crippen molar-refractivity contribution in [2.75, 3.05) is 19.7 Å². The van der Waals surface area contributed by atoms with Crippen LogP contribution in [0.15, 0.2) is 12.3 Å². The summed E-state index contributed by atoms with van der Waals surface area (Å²) in [6.07, 6.45) is 9.61. The second-order valence-corrected chi connectivity index (χ2v) is 7.89. The molecule has 24 heavy (non-hydrogen) atoms. The Bertz CT molecular complexity index is 572. The molecule has 3 aliphatic rings. The van der Waals surface area contributed by atoms with Crippen molar-refractivity contribution in [2.45, 2.75) is 63.1 Å². The summed E-state index contributed by atoms with van der Waals surface area (Å²) in [5, 5.41) is 17.5. The van der Waals surface area contributed by atoms with Crippen LogP contribution in [0.25, 0.3) is 0 Å². The molecule has 2 saturated heterocycles. The highest BCUT2D eigenvalue weighted by atomic mass is 16.5. The van der Waals surface area contributed by atoms with Gasteiger partial charge in [0.2, 0.25) is 0 Å². The molecule has 1 unspecified atom stereocenters. The van der Waals surface area contributed by atoms with E-state index in [1.54, 1.807) is 6.20 Å². The van der Waals surface area contributed by atoms with E-state index in [4.69, 9.17) is 4.74 Å². The van der Waals surface area contributed by atoms with Gasteiger partial charge in [0.05, 0.1) is 12.3 Å². The first kappa shape index (κ1) is 16.1. The number of carbonyl (C=O) groups excluding carboxylic acids is 1. The summed E-state index contributed by atoms with van der Waals surface area (Å²) in [5.74, 6) is 0.115. The first-order valence-electron chi connectivity index (χ1n) is 9.23. The lowest BCUT2D eigenvalue weighted by Gasteiger charge is -2.38. The van der Waals surface area contributed by atoms with Crippen LogP contribution < -0.4 is 0 Å². The minimum absolute atomic E-state index is 0.115. The van der Waals surface area contributed by atoms with Crippen LogP contribution in [-0.2, 0) is 15.1 Å². The highest BCUT2D eigenvalue weighted by molar-refractivity contribution is 5.81. The maximum atomic E-state index is 12.8. The Balaban J connectivity index is 1.35. The van der Waals surface area contributed by atoms with Gasteiger partial charge in [0.15, 0.2) is 0 Å². The smallest absolute Gasteiger partial charge is 0.251 e. The molecule has 132 valence electrons. The second-order valence-electron chi connectivity index (χ2n) is 7.89. The zero-order valence-corrected chi connectivity index (χ0v) is 14.2. The second kappa shape index (κ2) is 6.15.